The van der Waals surface area contributed by atoms with Gasteiger partial charge in [-0.3, -0.25) is 4.99 Å². The molecule has 0 bridgehead atoms. The van der Waals surface area contributed by atoms with Gasteiger partial charge in [0.1, 0.15) is 5.82 Å². The lowest BCUT2D eigenvalue weighted by atomic mass is 10.2. The van der Waals surface area contributed by atoms with Gasteiger partial charge in [-0.05, 0) is 30.5 Å². The van der Waals surface area contributed by atoms with E-state index in [-0.39, 0.29) is 5.82 Å². The van der Waals surface area contributed by atoms with Crippen LogP contribution in [-0.4, -0.2) is 12.4 Å². The Morgan fingerprint density at radius 1 is 1.12 bits per heavy atom. The van der Waals surface area contributed by atoms with Crippen molar-refractivity contribution in [1.29, 1.82) is 0 Å². The Kier molecular flexibility index (Phi) is 3.91. The summed E-state index contributed by atoms with van der Waals surface area (Å²) in [5.74, 6) is 0.914. The second kappa shape index (κ2) is 5.64. The number of nitrogens with zero attached hydrogens (tertiary/aromatic N) is 1. The van der Waals surface area contributed by atoms with E-state index >= 15 is 0 Å². The molecule has 1 aliphatic rings. The third kappa shape index (κ3) is 3.33. The maximum Gasteiger partial charge on any atom is 0.123 e. The van der Waals surface area contributed by atoms with Crippen LogP contribution in [0, 0.1) is 5.82 Å². The summed E-state index contributed by atoms with van der Waals surface area (Å²) in [5.41, 5.74) is 1.09. The summed E-state index contributed by atoms with van der Waals surface area (Å²) in [6, 6.07) is 6.59. The smallest absolute Gasteiger partial charge is 0.123 e. The van der Waals surface area contributed by atoms with Crippen molar-refractivity contribution in [2.24, 2.45) is 4.99 Å². The molecule has 0 saturated carbocycles. The molecule has 0 fully saturated rings. The molecular weight excluding hydrogens is 203 g/mol. The van der Waals surface area contributed by atoms with Crippen LogP contribution in [-0.2, 0) is 6.54 Å². The Bertz CT molecular complexity index is 357. The fraction of sp³-hybridized carbons (Fsp3) is 0.462. The quantitative estimate of drug-likeness (QED) is 0.814. The average molecular weight is 220 g/mol. The summed E-state index contributed by atoms with van der Waals surface area (Å²) in [5, 5.41) is 3.32. The van der Waals surface area contributed by atoms with Crippen LogP contribution in [0.3, 0.4) is 0 Å². The fourth-order valence-corrected chi connectivity index (χ4v) is 1.82. The lowest BCUT2D eigenvalue weighted by Gasteiger charge is -2.08. The molecule has 1 N–H and O–H groups in total. The van der Waals surface area contributed by atoms with E-state index in [1.165, 1.54) is 31.4 Å². The molecule has 0 aromatic heterocycles. The highest BCUT2D eigenvalue weighted by atomic mass is 19.1. The first-order chi connectivity index (χ1) is 7.84. The number of hydrogen-bond donors (Lipinski definition) is 1. The first-order valence-electron chi connectivity index (χ1n) is 5.86. The number of nitrogens with one attached hydrogen (secondary N) is 1. The van der Waals surface area contributed by atoms with Crippen molar-refractivity contribution >= 4 is 5.84 Å². The van der Waals surface area contributed by atoms with Crippen LogP contribution in [0.5, 0.6) is 0 Å². The summed E-state index contributed by atoms with van der Waals surface area (Å²) in [6.45, 7) is 1.67. The normalized spacial score (nSPS) is 16.4. The third-order valence-electron chi connectivity index (χ3n) is 2.78. The van der Waals surface area contributed by atoms with E-state index in [1.54, 1.807) is 12.1 Å². The van der Waals surface area contributed by atoms with Crippen LogP contribution in [0.1, 0.15) is 31.2 Å². The molecule has 0 saturated heterocycles. The molecule has 0 amide bonds. The topological polar surface area (TPSA) is 24.4 Å². The van der Waals surface area contributed by atoms with Gasteiger partial charge in [-0.2, -0.15) is 0 Å². The van der Waals surface area contributed by atoms with Crippen molar-refractivity contribution in [2.75, 3.05) is 6.54 Å². The van der Waals surface area contributed by atoms with E-state index in [0.717, 1.165) is 30.9 Å². The molecule has 2 nitrogen and oxygen atoms in total. The van der Waals surface area contributed by atoms with Crippen LogP contribution in [0.4, 0.5) is 4.39 Å². The van der Waals surface area contributed by atoms with Crippen molar-refractivity contribution in [1.82, 2.24) is 5.32 Å². The van der Waals surface area contributed by atoms with Crippen molar-refractivity contribution < 1.29 is 4.39 Å². The average Bonchev–Trinajstić information content (AvgIpc) is 2.57. The van der Waals surface area contributed by atoms with Crippen LogP contribution in [0.25, 0.3) is 0 Å². The van der Waals surface area contributed by atoms with E-state index in [9.17, 15) is 4.39 Å². The van der Waals surface area contributed by atoms with E-state index in [0.29, 0.717) is 0 Å². The highest BCUT2D eigenvalue weighted by Gasteiger charge is 2.03. The van der Waals surface area contributed by atoms with E-state index < -0.39 is 0 Å². The standard InChI is InChI=1S/C13H17FN2/c14-12-7-5-11(6-8-12)10-16-13-4-2-1-3-9-15-13/h5-8H,1-4,9-10H2,(H,15,16). The number of amidine groups is 1. The van der Waals surface area contributed by atoms with E-state index in [1.807, 2.05) is 0 Å². The summed E-state index contributed by atoms with van der Waals surface area (Å²) < 4.78 is 12.7. The number of hydrogen-bond acceptors (Lipinski definition) is 2. The molecule has 16 heavy (non-hydrogen) atoms. The van der Waals surface area contributed by atoms with Crippen molar-refractivity contribution in [3.05, 3.63) is 35.6 Å². The predicted octanol–water partition coefficient (Wildman–Crippen LogP) is 2.89. The summed E-state index contributed by atoms with van der Waals surface area (Å²) in [4.78, 5) is 4.49. The van der Waals surface area contributed by atoms with Crippen LogP contribution >= 0.6 is 0 Å². The molecule has 86 valence electrons. The zero-order valence-electron chi connectivity index (χ0n) is 9.38. The summed E-state index contributed by atoms with van der Waals surface area (Å²) >= 11 is 0. The number of rotatable bonds is 2. The predicted molar refractivity (Wildman–Crippen MR) is 64.0 cm³/mol. The maximum absolute atomic E-state index is 12.7. The van der Waals surface area contributed by atoms with Gasteiger partial charge in [-0.15, -0.1) is 0 Å². The van der Waals surface area contributed by atoms with Crippen molar-refractivity contribution in [3.8, 4) is 0 Å². The van der Waals surface area contributed by atoms with Gasteiger partial charge >= 0.3 is 0 Å². The monoisotopic (exact) mass is 220 g/mol. The molecule has 2 rings (SSSR count). The van der Waals surface area contributed by atoms with Crippen molar-refractivity contribution in [3.63, 3.8) is 0 Å². The summed E-state index contributed by atoms with van der Waals surface area (Å²) in [7, 11) is 0. The summed E-state index contributed by atoms with van der Waals surface area (Å²) in [6.07, 6.45) is 4.73. The highest BCUT2D eigenvalue weighted by Crippen LogP contribution is 2.07. The second-order valence-corrected chi connectivity index (χ2v) is 4.12. The molecule has 1 aliphatic heterocycles. The second-order valence-electron chi connectivity index (χ2n) is 4.12. The molecule has 0 aliphatic carbocycles. The molecule has 3 heteroatoms. The lowest BCUT2D eigenvalue weighted by molar-refractivity contribution is 0.626. The van der Waals surface area contributed by atoms with Gasteiger partial charge in [0, 0.05) is 19.5 Å². The van der Waals surface area contributed by atoms with Crippen LogP contribution in [0.15, 0.2) is 29.3 Å². The van der Waals surface area contributed by atoms with Crippen LogP contribution < -0.4 is 5.32 Å². The van der Waals surface area contributed by atoms with Gasteiger partial charge in [0.05, 0.1) is 5.84 Å². The highest BCUT2D eigenvalue weighted by molar-refractivity contribution is 5.82. The Balaban J connectivity index is 1.86. The lowest BCUT2D eigenvalue weighted by Crippen LogP contribution is -2.22. The number of halogens is 1. The first-order valence-corrected chi connectivity index (χ1v) is 5.86. The van der Waals surface area contributed by atoms with Gasteiger partial charge in [-0.25, -0.2) is 4.39 Å². The van der Waals surface area contributed by atoms with Gasteiger partial charge in [0.15, 0.2) is 0 Å². The van der Waals surface area contributed by atoms with Crippen molar-refractivity contribution in [2.45, 2.75) is 32.2 Å². The molecule has 1 aromatic carbocycles. The molecule has 0 spiro atoms. The van der Waals surface area contributed by atoms with E-state index in [4.69, 9.17) is 0 Å². The molecule has 0 radical (unpaired) electrons. The molecular formula is C13H17FN2. The Hall–Kier alpha value is -1.38. The molecule has 1 heterocycles. The minimum absolute atomic E-state index is 0.185. The van der Waals surface area contributed by atoms with E-state index in [2.05, 4.69) is 10.3 Å². The fourth-order valence-electron chi connectivity index (χ4n) is 1.82. The van der Waals surface area contributed by atoms with Gasteiger partial charge < -0.3 is 5.32 Å². The minimum Gasteiger partial charge on any atom is -0.370 e. The first kappa shape index (κ1) is 11.1. The number of aliphatic imine (C=N–C) groups is 1. The maximum atomic E-state index is 12.7. The third-order valence-corrected chi connectivity index (χ3v) is 2.78. The zero-order valence-corrected chi connectivity index (χ0v) is 9.38. The Morgan fingerprint density at radius 3 is 2.75 bits per heavy atom. The molecule has 0 atom stereocenters. The largest absolute Gasteiger partial charge is 0.370 e. The zero-order chi connectivity index (χ0) is 11.2. The Labute approximate surface area is 95.6 Å². The van der Waals surface area contributed by atoms with Gasteiger partial charge in [0.25, 0.3) is 0 Å². The van der Waals surface area contributed by atoms with Crippen LogP contribution in [0.2, 0.25) is 0 Å². The number of benzene rings is 1. The molecule has 0 unspecified atom stereocenters. The molecule has 1 aromatic rings. The minimum atomic E-state index is -0.185. The van der Waals surface area contributed by atoms with Gasteiger partial charge in [0.2, 0.25) is 0 Å². The Morgan fingerprint density at radius 2 is 1.94 bits per heavy atom. The SMILES string of the molecule is Fc1ccc(CNC2=NCCCCC2)cc1. The van der Waals surface area contributed by atoms with Gasteiger partial charge in [-0.1, -0.05) is 18.6 Å².